The van der Waals surface area contributed by atoms with Gasteiger partial charge in [-0.15, -0.1) is 6.58 Å². The number of benzene rings is 1. The normalized spacial score (nSPS) is 15.8. The number of carbonyl (C=O) groups is 1. The van der Waals surface area contributed by atoms with Crippen LogP contribution >= 0.6 is 0 Å². The minimum Gasteiger partial charge on any atom is -0.484 e. The van der Waals surface area contributed by atoms with E-state index in [0.29, 0.717) is 0 Å². The van der Waals surface area contributed by atoms with Gasteiger partial charge in [0.05, 0.1) is 0 Å². The minimum absolute atomic E-state index is 0.0628. The Labute approximate surface area is 127 Å². The third-order valence-electron chi connectivity index (χ3n) is 3.81. The molecule has 21 heavy (non-hydrogen) atoms. The standard InChI is InChI=1S/C17H24N2O2/c1-3-9-18-10-12-19(13-11-18)17(20)14-21-16-7-5-15(4-2)6-8-16/h3,5-8H,1,4,9-14H2,2H3. The van der Waals surface area contributed by atoms with Gasteiger partial charge in [0.15, 0.2) is 6.61 Å². The summed E-state index contributed by atoms with van der Waals surface area (Å²) in [6.07, 6.45) is 2.91. The molecule has 0 spiro atoms. The lowest BCUT2D eigenvalue weighted by atomic mass is 10.2. The van der Waals surface area contributed by atoms with Crippen molar-refractivity contribution in [2.75, 3.05) is 39.3 Å². The van der Waals surface area contributed by atoms with E-state index in [9.17, 15) is 4.79 Å². The van der Waals surface area contributed by atoms with Gasteiger partial charge in [0.2, 0.25) is 0 Å². The van der Waals surface area contributed by atoms with Gasteiger partial charge in [-0.05, 0) is 24.1 Å². The average molecular weight is 288 g/mol. The Balaban J connectivity index is 1.75. The van der Waals surface area contributed by atoms with E-state index in [-0.39, 0.29) is 12.5 Å². The predicted octanol–water partition coefficient (Wildman–Crippen LogP) is 1.96. The molecule has 1 aliphatic rings. The van der Waals surface area contributed by atoms with E-state index >= 15 is 0 Å². The van der Waals surface area contributed by atoms with Crippen LogP contribution in [-0.2, 0) is 11.2 Å². The van der Waals surface area contributed by atoms with Crippen LogP contribution in [0.5, 0.6) is 5.75 Å². The predicted molar refractivity (Wildman–Crippen MR) is 84.5 cm³/mol. The first-order valence-electron chi connectivity index (χ1n) is 7.55. The van der Waals surface area contributed by atoms with E-state index in [1.165, 1.54) is 5.56 Å². The van der Waals surface area contributed by atoms with Crippen LogP contribution in [0.3, 0.4) is 0 Å². The van der Waals surface area contributed by atoms with Crippen LogP contribution in [-0.4, -0.2) is 55.0 Å². The zero-order valence-electron chi connectivity index (χ0n) is 12.8. The molecule has 0 aliphatic carbocycles. The lowest BCUT2D eigenvalue weighted by Crippen LogP contribution is -2.49. The summed E-state index contributed by atoms with van der Waals surface area (Å²) in [6, 6.07) is 7.92. The fourth-order valence-electron chi connectivity index (χ4n) is 2.42. The van der Waals surface area contributed by atoms with Gasteiger partial charge in [0.1, 0.15) is 5.75 Å². The molecule has 1 amide bonds. The first kappa shape index (κ1) is 15.6. The van der Waals surface area contributed by atoms with Crippen LogP contribution in [0.25, 0.3) is 0 Å². The van der Waals surface area contributed by atoms with Gasteiger partial charge in [-0.3, -0.25) is 9.69 Å². The highest BCUT2D eigenvalue weighted by Gasteiger charge is 2.20. The summed E-state index contributed by atoms with van der Waals surface area (Å²) >= 11 is 0. The number of rotatable bonds is 6. The van der Waals surface area contributed by atoms with Gasteiger partial charge in [-0.1, -0.05) is 25.1 Å². The number of carbonyl (C=O) groups excluding carboxylic acids is 1. The molecule has 0 N–H and O–H groups in total. The molecule has 114 valence electrons. The van der Waals surface area contributed by atoms with E-state index in [2.05, 4.69) is 18.4 Å². The Morgan fingerprint density at radius 2 is 1.90 bits per heavy atom. The van der Waals surface area contributed by atoms with Crippen molar-refractivity contribution in [3.8, 4) is 5.75 Å². The molecule has 2 rings (SSSR count). The van der Waals surface area contributed by atoms with Crippen molar-refractivity contribution in [1.29, 1.82) is 0 Å². The molecule has 1 saturated heterocycles. The summed E-state index contributed by atoms with van der Waals surface area (Å²) in [4.78, 5) is 16.3. The van der Waals surface area contributed by atoms with Gasteiger partial charge in [-0.2, -0.15) is 0 Å². The number of aryl methyl sites for hydroxylation is 1. The fourth-order valence-corrected chi connectivity index (χ4v) is 2.42. The Morgan fingerprint density at radius 3 is 2.48 bits per heavy atom. The van der Waals surface area contributed by atoms with Crippen LogP contribution in [0, 0.1) is 0 Å². The monoisotopic (exact) mass is 288 g/mol. The van der Waals surface area contributed by atoms with E-state index < -0.39 is 0 Å². The number of hydrogen-bond acceptors (Lipinski definition) is 3. The molecule has 1 heterocycles. The molecule has 1 aliphatic heterocycles. The summed E-state index contributed by atoms with van der Waals surface area (Å²) in [5.74, 6) is 0.818. The molecule has 0 bridgehead atoms. The van der Waals surface area contributed by atoms with Gasteiger partial charge in [0, 0.05) is 32.7 Å². The molecule has 4 nitrogen and oxygen atoms in total. The summed E-state index contributed by atoms with van der Waals surface area (Å²) in [7, 11) is 0. The highest BCUT2D eigenvalue weighted by Crippen LogP contribution is 2.13. The fraction of sp³-hybridized carbons (Fsp3) is 0.471. The molecular weight excluding hydrogens is 264 g/mol. The first-order chi connectivity index (χ1) is 10.2. The highest BCUT2D eigenvalue weighted by molar-refractivity contribution is 5.77. The molecule has 1 aromatic carbocycles. The molecule has 1 fully saturated rings. The quantitative estimate of drug-likeness (QED) is 0.750. The van der Waals surface area contributed by atoms with E-state index in [4.69, 9.17) is 4.74 Å². The summed E-state index contributed by atoms with van der Waals surface area (Å²) in [5.41, 5.74) is 1.27. The lowest BCUT2D eigenvalue weighted by Gasteiger charge is -2.34. The van der Waals surface area contributed by atoms with Crippen molar-refractivity contribution in [3.63, 3.8) is 0 Å². The molecule has 0 aromatic heterocycles. The van der Waals surface area contributed by atoms with Gasteiger partial charge in [0.25, 0.3) is 5.91 Å². The van der Waals surface area contributed by atoms with Crippen molar-refractivity contribution < 1.29 is 9.53 Å². The second-order valence-corrected chi connectivity index (χ2v) is 5.26. The number of ether oxygens (including phenoxy) is 1. The zero-order chi connectivity index (χ0) is 15.1. The number of amides is 1. The highest BCUT2D eigenvalue weighted by atomic mass is 16.5. The van der Waals surface area contributed by atoms with Crippen LogP contribution < -0.4 is 4.74 Å². The van der Waals surface area contributed by atoms with E-state index in [1.54, 1.807) is 0 Å². The third-order valence-corrected chi connectivity index (χ3v) is 3.81. The van der Waals surface area contributed by atoms with Crippen molar-refractivity contribution in [3.05, 3.63) is 42.5 Å². The maximum Gasteiger partial charge on any atom is 0.260 e. The Morgan fingerprint density at radius 1 is 1.24 bits per heavy atom. The average Bonchev–Trinajstić information content (AvgIpc) is 2.54. The van der Waals surface area contributed by atoms with Gasteiger partial charge in [-0.25, -0.2) is 0 Å². The molecule has 0 radical (unpaired) electrons. The lowest BCUT2D eigenvalue weighted by molar-refractivity contribution is -0.135. The largest absolute Gasteiger partial charge is 0.484 e. The first-order valence-corrected chi connectivity index (χ1v) is 7.55. The topological polar surface area (TPSA) is 32.8 Å². The van der Waals surface area contributed by atoms with Crippen LogP contribution in [0.4, 0.5) is 0 Å². The SMILES string of the molecule is C=CCN1CCN(C(=O)COc2ccc(CC)cc2)CC1. The van der Waals surface area contributed by atoms with Gasteiger partial charge >= 0.3 is 0 Å². The van der Waals surface area contributed by atoms with Crippen LogP contribution in [0.15, 0.2) is 36.9 Å². The van der Waals surface area contributed by atoms with E-state index in [0.717, 1.165) is 44.9 Å². The number of hydrogen-bond donors (Lipinski definition) is 0. The maximum absolute atomic E-state index is 12.1. The Bertz CT molecular complexity index is 462. The van der Waals surface area contributed by atoms with E-state index in [1.807, 2.05) is 35.2 Å². The Kier molecular flexibility index (Phi) is 5.81. The summed E-state index contributed by atoms with van der Waals surface area (Å²) < 4.78 is 5.57. The maximum atomic E-state index is 12.1. The number of piperazine rings is 1. The number of nitrogens with zero attached hydrogens (tertiary/aromatic N) is 2. The van der Waals surface area contributed by atoms with Crippen LogP contribution in [0.1, 0.15) is 12.5 Å². The molecule has 0 unspecified atom stereocenters. The van der Waals surface area contributed by atoms with Crippen molar-refractivity contribution >= 4 is 5.91 Å². The van der Waals surface area contributed by atoms with Crippen LogP contribution in [0.2, 0.25) is 0 Å². The van der Waals surface area contributed by atoms with Gasteiger partial charge < -0.3 is 9.64 Å². The zero-order valence-corrected chi connectivity index (χ0v) is 12.8. The molecular formula is C17H24N2O2. The van der Waals surface area contributed by atoms with Crippen molar-refractivity contribution in [1.82, 2.24) is 9.80 Å². The summed E-state index contributed by atoms with van der Waals surface area (Å²) in [5, 5.41) is 0. The second-order valence-electron chi connectivity index (χ2n) is 5.26. The molecule has 0 atom stereocenters. The second kappa shape index (κ2) is 7.84. The third kappa shape index (κ3) is 4.60. The Hall–Kier alpha value is -1.81. The molecule has 4 heteroatoms. The minimum atomic E-state index is 0.0628. The van der Waals surface area contributed by atoms with Crippen molar-refractivity contribution in [2.45, 2.75) is 13.3 Å². The summed E-state index contributed by atoms with van der Waals surface area (Å²) in [6.45, 7) is 10.2. The molecule has 1 aromatic rings. The smallest absolute Gasteiger partial charge is 0.260 e. The van der Waals surface area contributed by atoms with Crippen molar-refractivity contribution in [2.24, 2.45) is 0 Å². The molecule has 0 saturated carbocycles.